The summed E-state index contributed by atoms with van der Waals surface area (Å²) in [6, 6.07) is 1.62. The molecular weight excluding hydrogens is 258 g/mol. The Morgan fingerprint density at radius 2 is 2.14 bits per heavy atom. The minimum absolute atomic E-state index is 0.0358. The molecular formula is C9H7BrF2O2. The summed E-state index contributed by atoms with van der Waals surface area (Å²) in [6.45, 7) is 0. The van der Waals surface area contributed by atoms with Crippen molar-refractivity contribution in [1.29, 1.82) is 0 Å². The van der Waals surface area contributed by atoms with Crippen LogP contribution in [0.3, 0.4) is 0 Å². The fourth-order valence-corrected chi connectivity index (χ4v) is 1.33. The molecule has 0 saturated carbocycles. The number of methoxy groups -OCH3 is 1. The summed E-state index contributed by atoms with van der Waals surface area (Å²) in [5, 5.41) is -0.0358. The van der Waals surface area contributed by atoms with E-state index in [1.54, 1.807) is 0 Å². The van der Waals surface area contributed by atoms with Crippen LogP contribution in [0.25, 0.3) is 0 Å². The smallest absolute Gasteiger partial charge is 0.180 e. The Bertz CT molecular complexity index is 366. The molecule has 0 spiro atoms. The van der Waals surface area contributed by atoms with E-state index < -0.39 is 17.4 Å². The summed E-state index contributed by atoms with van der Waals surface area (Å²) in [4.78, 5) is 11.2. The molecule has 1 aromatic rings. The van der Waals surface area contributed by atoms with Gasteiger partial charge in [-0.1, -0.05) is 15.9 Å². The molecule has 1 aromatic carbocycles. The van der Waals surface area contributed by atoms with E-state index in [0.29, 0.717) is 6.07 Å². The van der Waals surface area contributed by atoms with Crippen molar-refractivity contribution in [3.05, 3.63) is 29.3 Å². The zero-order valence-corrected chi connectivity index (χ0v) is 8.90. The van der Waals surface area contributed by atoms with Crippen LogP contribution in [0.2, 0.25) is 0 Å². The average molecular weight is 265 g/mol. The lowest BCUT2D eigenvalue weighted by Gasteiger charge is -2.07. The second kappa shape index (κ2) is 4.50. The lowest BCUT2D eigenvalue weighted by Crippen LogP contribution is -2.07. The predicted octanol–water partition coefficient (Wildman–Crippen LogP) is 2.55. The van der Waals surface area contributed by atoms with Crippen LogP contribution in [0.5, 0.6) is 5.75 Å². The molecule has 0 unspecified atom stereocenters. The lowest BCUT2D eigenvalue weighted by molar-refractivity contribution is 0.101. The highest BCUT2D eigenvalue weighted by atomic mass is 79.9. The summed E-state index contributed by atoms with van der Waals surface area (Å²) >= 11 is 2.90. The van der Waals surface area contributed by atoms with E-state index in [2.05, 4.69) is 15.9 Å². The van der Waals surface area contributed by atoms with Gasteiger partial charge in [0.1, 0.15) is 17.4 Å². The average Bonchev–Trinajstić information content (AvgIpc) is 2.15. The summed E-state index contributed by atoms with van der Waals surface area (Å²) in [5.41, 5.74) is -0.231. The lowest BCUT2D eigenvalue weighted by atomic mass is 10.1. The number of alkyl halides is 1. The van der Waals surface area contributed by atoms with Gasteiger partial charge in [-0.3, -0.25) is 4.79 Å². The van der Waals surface area contributed by atoms with Gasteiger partial charge in [0, 0.05) is 12.1 Å². The molecule has 0 amide bonds. The summed E-state index contributed by atoms with van der Waals surface area (Å²) in [7, 11) is 1.25. The molecule has 0 atom stereocenters. The largest absolute Gasteiger partial charge is 0.496 e. The van der Waals surface area contributed by atoms with E-state index in [1.807, 2.05) is 0 Å². The van der Waals surface area contributed by atoms with E-state index in [9.17, 15) is 13.6 Å². The summed E-state index contributed by atoms with van der Waals surface area (Å²) in [6.07, 6.45) is 0. The predicted molar refractivity (Wildman–Crippen MR) is 51.0 cm³/mol. The molecule has 0 aliphatic carbocycles. The van der Waals surface area contributed by atoms with Crippen molar-refractivity contribution in [2.75, 3.05) is 12.4 Å². The molecule has 76 valence electrons. The Balaban J connectivity index is 3.32. The van der Waals surface area contributed by atoms with Gasteiger partial charge in [0.25, 0.3) is 0 Å². The normalized spacial score (nSPS) is 10.0. The molecule has 0 fully saturated rings. The Morgan fingerprint density at radius 3 is 2.64 bits per heavy atom. The number of rotatable bonds is 3. The molecule has 1 rings (SSSR count). The Kier molecular flexibility index (Phi) is 3.57. The van der Waals surface area contributed by atoms with Crippen molar-refractivity contribution in [3.8, 4) is 5.75 Å². The molecule has 0 saturated heterocycles. The van der Waals surface area contributed by atoms with Crippen LogP contribution in [-0.2, 0) is 0 Å². The number of benzene rings is 1. The zero-order valence-electron chi connectivity index (χ0n) is 7.31. The number of hydrogen-bond acceptors (Lipinski definition) is 2. The minimum atomic E-state index is -0.911. The van der Waals surface area contributed by atoms with E-state index in [-0.39, 0.29) is 16.6 Å². The molecule has 0 aliphatic heterocycles. The van der Waals surface area contributed by atoms with Gasteiger partial charge in [0.2, 0.25) is 0 Å². The number of ether oxygens (including phenoxy) is 1. The molecule has 2 nitrogen and oxygen atoms in total. The number of carbonyl (C=O) groups excluding carboxylic acids is 1. The molecule has 5 heteroatoms. The first kappa shape index (κ1) is 11.1. The molecule has 0 N–H and O–H groups in total. The van der Waals surface area contributed by atoms with Crippen molar-refractivity contribution in [2.24, 2.45) is 0 Å². The van der Waals surface area contributed by atoms with Gasteiger partial charge in [-0.2, -0.15) is 0 Å². The van der Waals surface area contributed by atoms with Gasteiger partial charge < -0.3 is 4.74 Å². The number of carbonyl (C=O) groups is 1. The Hall–Kier alpha value is -0.970. The highest BCUT2D eigenvalue weighted by molar-refractivity contribution is 9.09. The first-order chi connectivity index (χ1) is 6.60. The number of halogens is 3. The second-order valence-corrected chi connectivity index (χ2v) is 3.08. The number of Topliss-reactive ketones (excluding diaryl/α,β-unsaturated/α-hetero) is 1. The van der Waals surface area contributed by atoms with Crippen molar-refractivity contribution >= 4 is 21.7 Å². The van der Waals surface area contributed by atoms with E-state index in [4.69, 9.17) is 4.74 Å². The monoisotopic (exact) mass is 264 g/mol. The number of ketones is 1. The Morgan fingerprint density at radius 1 is 1.50 bits per heavy atom. The molecule has 0 aliphatic rings. The van der Waals surface area contributed by atoms with Crippen LogP contribution in [-0.4, -0.2) is 18.2 Å². The van der Waals surface area contributed by atoms with Crippen LogP contribution < -0.4 is 4.74 Å². The van der Waals surface area contributed by atoms with Crippen LogP contribution in [0.4, 0.5) is 8.78 Å². The van der Waals surface area contributed by atoms with Gasteiger partial charge in [0.15, 0.2) is 5.78 Å². The molecule has 0 bridgehead atoms. The number of hydrogen-bond donors (Lipinski definition) is 0. The third kappa shape index (κ3) is 2.09. The molecule has 0 radical (unpaired) electrons. The van der Waals surface area contributed by atoms with Gasteiger partial charge in [-0.25, -0.2) is 8.78 Å². The van der Waals surface area contributed by atoms with Crippen molar-refractivity contribution in [3.63, 3.8) is 0 Å². The quantitative estimate of drug-likeness (QED) is 0.620. The highest BCUT2D eigenvalue weighted by Gasteiger charge is 2.18. The van der Waals surface area contributed by atoms with Crippen LogP contribution in [0.1, 0.15) is 10.4 Å². The van der Waals surface area contributed by atoms with Gasteiger partial charge in [0.05, 0.1) is 18.0 Å². The van der Waals surface area contributed by atoms with Crippen LogP contribution in [0, 0.1) is 11.6 Å². The SMILES string of the molecule is COc1cc(F)cc(F)c1C(=O)CBr. The zero-order chi connectivity index (χ0) is 10.7. The maximum Gasteiger partial charge on any atom is 0.180 e. The Labute approximate surface area is 88.0 Å². The molecule has 14 heavy (non-hydrogen) atoms. The summed E-state index contributed by atoms with van der Waals surface area (Å²) < 4.78 is 30.6. The highest BCUT2D eigenvalue weighted by Crippen LogP contribution is 2.24. The van der Waals surface area contributed by atoms with Crippen molar-refractivity contribution in [1.82, 2.24) is 0 Å². The standard InChI is InChI=1S/C9H7BrF2O2/c1-14-8-3-5(11)2-6(12)9(8)7(13)4-10/h2-3H,4H2,1H3. The first-order valence-corrected chi connectivity index (χ1v) is 4.84. The van der Waals surface area contributed by atoms with Gasteiger partial charge in [-0.05, 0) is 0 Å². The topological polar surface area (TPSA) is 26.3 Å². The van der Waals surface area contributed by atoms with Gasteiger partial charge in [-0.15, -0.1) is 0 Å². The molecule has 0 heterocycles. The van der Waals surface area contributed by atoms with E-state index >= 15 is 0 Å². The minimum Gasteiger partial charge on any atom is -0.496 e. The maximum absolute atomic E-state index is 13.2. The van der Waals surface area contributed by atoms with Crippen molar-refractivity contribution in [2.45, 2.75) is 0 Å². The fraction of sp³-hybridized carbons (Fsp3) is 0.222. The third-order valence-corrected chi connectivity index (χ3v) is 2.15. The maximum atomic E-state index is 13.2. The van der Waals surface area contributed by atoms with E-state index in [0.717, 1.165) is 6.07 Å². The fourth-order valence-electron chi connectivity index (χ4n) is 1.05. The first-order valence-electron chi connectivity index (χ1n) is 3.72. The van der Waals surface area contributed by atoms with Crippen LogP contribution >= 0.6 is 15.9 Å². The van der Waals surface area contributed by atoms with E-state index in [1.165, 1.54) is 7.11 Å². The summed E-state index contributed by atoms with van der Waals surface area (Å²) in [5.74, 6) is -2.26. The van der Waals surface area contributed by atoms with Gasteiger partial charge >= 0.3 is 0 Å². The third-order valence-electron chi connectivity index (χ3n) is 1.64. The second-order valence-electron chi connectivity index (χ2n) is 2.52. The molecule has 0 aromatic heterocycles. The van der Waals surface area contributed by atoms with Crippen LogP contribution in [0.15, 0.2) is 12.1 Å². The van der Waals surface area contributed by atoms with Crippen molar-refractivity contribution < 1.29 is 18.3 Å².